The molecule has 1 aromatic carbocycles. The molecule has 112 valence electrons. The molecule has 0 amide bonds. The van der Waals surface area contributed by atoms with Crippen LogP contribution in [0.15, 0.2) is 24.3 Å². The molecular formula is C16H25NO3. The summed E-state index contributed by atoms with van der Waals surface area (Å²) < 4.78 is 0. The average molecular weight is 279 g/mol. The summed E-state index contributed by atoms with van der Waals surface area (Å²) >= 11 is 0. The second-order valence-electron chi connectivity index (χ2n) is 4.49. The van der Waals surface area contributed by atoms with Gasteiger partial charge in [-0.2, -0.15) is 4.89 Å². The van der Waals surface area contributed by atoms with E-state index in [2.05, 4.69) is 17.9 Å². The maximum atomic E-state index is 12.3. The zero-order valence-electron chi connectivity index (χ0n) is 12.9. The average Bonchev–Trinajstić information content (AvgIpc) is 2.50. The first kappa shape index (κ1) is 16.7. The third kappa shape index (κ3) is 4.05. The van der Waals surface area contributed by atoms with Gasteiger partial charge < -0.3 is 0 Å². The Morgan fingerprint density at radius 1 is 1.15 bits per heavy atom. The van der Waals surface area contributed by atoms with E-state index in [1.807, 2.05) is 32.0 Å². The summed E-state index contributed by atoms with van der Waals surface area (Å²) in [5, 5.41) is 0. The molecule has 1 atom stereocenters. The highest BCUT2D eigenvalue weighted by atomic mass is 17.2. The Balaban J connectivity index is 3.12. The third-order valence-electron chi connectivity index (χ3n) is 3.39. The summed E-state index contributed by atoms with van der Waals surface area (Å²) in [6.07, 6.45) is 0.885. The number of benzene rings is 1. The molecule has 1 rings (SSSR count). The smallest absolute Gasteiger partial charge is 0.296 e. The summed E-state index contributed by atoms with van der Waals surface area (Å²) in [5.74, 6) is -0.351. The second kappa shape index (κ2) is 8.72. The molecule has 0 aliphatic rings. The van der Waals surface area contributed by atoms with Crippen molar-refractivity contribution in [2.75, 3.05) is 19.7 Å². The molecule has 4 nitrogen and oxygen atoms in total. The zero-order chi connectivity index (χ0) is 15.0. The first-order valence-electron chi connectivity index (χ1n) is 7.34. The van der Waals surface area contributed by atoms with Gasteiger partial charge in [0.25, 0.3) is 0 Å². The molecule has 20 heavy (non-hydrogen) atoms. The van der Waals surface area contributed by atoms with E-state index in [1.165, 1.54) is 0 Å². The topological polar surface area (TPSA) is 38.8 Å². The van der Waals surface area contributed by atoms with Crippen molar-refractivity contribution in [3.05, 3.63) is 35.4 Å². The molecule has 0 spiro atoms. The normalized spacial score (nSPS) is 12.4. The maximum Gasteiger partial charge on any atom is 0.363 e. The van der Waals surface area contributed by atoms with Crippen LogP contribution >= 0.6 is 0 Å². The lowest BCUT2D eigenvalue weighted by Gasteiger charge is -2.28. The number of nitrogens with zero attached hydrogens (tertiary/aromatic N) is 1. The van der Waals surface area contributed by atoms with Crippen molar-refractivity contribution in [1.82, 2.24) is 4.90 Å². The van der Waals surface area contributed by atoms with E-state index >= 15 is 0 Å². The van der Waals surface area contributed by atoms with Gasteiger partial charge in [0.1, 0.15) is 6.04 Å². The quantitative estimate of drug-likeness (QED) is 0.541. The lowest BCUT2D eigenvalue weighted by molar-refractivity contribution is -0.274. The van der Waals surface area contributed by atoms with E-state index in [9.17, 15) is 4.79 Å². The Morgan fingerprint density at radius 3 is 2.35 bits per heavy atom. The highest BCUT2D eigenvalue weighted by Crippen LogP contribution is 2.26. The summed E-state index contributed by atoms with van der Waals surface area (Å²) in [6.45, 7) is 9.87. The Hall–Kier alpha value is -1.39. The fourth-order valence-electron chi connectivity index (χ4n) is 2.35. The van der Waals surface area contributed by atoms with Crippen LogP contribution in [0.2, 0.25) is 0 Å². The summed E-state index contributed by atoms with van der Waals surface area (Å²) in [7, 11) is 0. The Kier molecular flexibility index (Phi) is 7.26. The van der Waals surface area contributed by atoms with Gasteiger partial charge in [-0.15, -0.1) is 0 Å². The molecule has 0 radical (unpaired) electrons. The van der Waals surface area contributed by atoms with Gasteiger partial charge >= 0.3 is 5.97 Å². The number of carbonyl (C=O) groups excluding carboxylic acids is 1. The first-order chi connectivity index (χ1) is 9.69. The lowest BCUT2D eigenvalue weighted by atomic mass is 9.97. The minimum Gasteiger partial charge on any atom is -0.296 e. The summed E-state index contributed by atoms with van der Waals surface area (Å²) in [4.78, 5) is 24.2. The number of rotatable bonds is 8. The number of likely N-dealkylation sites (N-methyl/N-ethyl adjacent to an activating group) is 1. The van der Waals surface area contributed by atoms with Gasteiger partial charge in [-0.25, -0.2) is 4.79 Å². The van der Waals surface area contributed by atoms with E-state index in [4.69, 9.17) is 9.78 Å². The molecule has 0 aromatic heterocycles. The highest BCUT2D eigenvalue weighted by Gasteiger charge is 2.29. The van der Waals surface area contributed by atoms with Crippen molar-refractivity contribution < 1.29 is 14.6 Å². The van der Waals surface area contributed by atoms with E-state index in [0.717, 1.165) is 30.6 Å². The van der Waals surface area contributed by atoms with Gasteiger partial charge in [0.05, 0.1) is 6.61 Å². The van der Waals surface area contributed by atoms with E-state index in [0.29, 0.717) is 6.61 Å². The van der Waals surface area contributed by atoms with E-state index < -0.39 is 6.04 Å². The van der Waals surface area contributed by atoms with Crippen LogP contribution < -0.4 is 0 Å². The van der Waals surface area contributed by atoms with E-state index in [1.54, 1.807) is 6.92 Å². The van der Waals surface area contributed by atoms with Crippen LogP contribution in [0.3, 0.4) is 0 Å². The molecule has 0 aliphatic carbocycles. The standard InChI is InChI=1S/C16H25NO3/c1-5-13-11-9-10-12-14(13)15(17(6-2)7-3)16(18)20-19-8-4/h9-12,15H,5-8H2,1-4H3. The van der Waals surface area contributed by atoms with Crippen molar-refractivity contribution in [2.45, 2.75) is 40.2 Å². The van der Waals surface area contributed by atoms with Crippen LogP contribution in [0.1, 0.15) is 44.9 Å². The Labute approximate surface area is 121 Å². The van der Waals surface area contributed by atoms with Gasteiger partial charge in [0.15, 0.2) is 0 Å². The summed E-state index contributed by atoms with van der Waals surface area (Å²) in [5.41, 5.74) is 2.17. The fourth-order valence-corrected chi connectivity index (χ4v) is 2.35. The number of hydrogen-bond donors (Lipinski definition) is 0. The highest BCUT2D eigenvalue weighted by molar-refractivity contribution is 5.77. The zero-order valence-corrected chi connectivity index (χ0v) is 12.9. The van der Waals surface area contributed by atoms with Crippen LogP contribution in [-0.4, -0.2) is 30.6 Å². The van der Waals surface area contributed by atoms with Crippen molar-refractivity contribution in [3.63, 3.8) is 0 Å². The van der Waals surface area contributed by atoms with Crippen LogP contribution in [0.25, 0.3) is 0 Å². The first-order valence-corrected chi connectivity index (χ1v) is 7.34. The van der Waals surface area contributed by atoms with Gasteiger partial charge in [0, 0.05) is 0 Å². The molecule has 0 heterocycles. The van der Waals surface area contributed by atoms with Gasteiger partial charge in [-0.3, -0.25) is 9.79 Å². The minimum atomic E-state index is -0.410. The van der Waals surface area contributed by atoms with Crippen LogP contribution in [0.5, 0.6) is 0 Å². The molecule has 0 bridgehead atoms. The molecule has 4 heteroatoms. The van der Waals surface area contributed by atoms with Crippen LogP contribution in [0, 0.1) is 0 Å². The van der Waals surface area contributed by atoms with Gasteiger partial charge in [0.2, 0.25) is 0 Å². The van der Waals surface area contributed by atoms with Crippen molar-refractivity contribution >= 4 is 5.97 Å². The van der Waals surface area contributed by atoms with Crippen molar-refractivity contribution in [1.29, 1.82) is 0 Å². The number of hydrogen-bond acceptors (Lipinski definition) is 4. The third-order valence-corrected chi connectivity index (χ3v) is 3.39. The SMILES string of the molecule is CCOOC(=O)C(c1ccccc1CC)N(CC)CC. The predicted octanol–water partition coefficient (Wildman–Crippen LogP) is 3.13. The molecule has 0 saturated carbocycles. The van der Waals surface area contributed by atoms with Gasteiger partial charge in [-0.1, -0.05) is 45.0 Å². The monoisotopic (exact) mass is 279 g/mol. The molecule has 1 unspecified atom stereocenters. The minimum absolute atomic E-state index is 0.351. The largest absolute Gasteiger partial charge is 0.363 e. The number of carbonyl (C=O) groups is 1. The Morgan fingerprint density at radius 2 is 1.80 bits per heavy atom. The molecule has 0 fully saturated rings. The molecule has 0 saturated heterocycles. The second-order valence-corrected chi connectivity index (χ2v) is 4.49. The molecule has 0 aliphatic heterocycles. The number of aryl methyl sites for hydroxylation is 1. The molecule has 0 N–H and O–H groups in total. The lowest BCUT2D eigenvalue weighted by Crippen LogP contribution is -2.35. The Bertz CT molecular complexity index is 416. The van der Waals surface area contributed by atoms with Crippen molar-refractivity contribution in [2.24, 2.45) is 0 Å². The van der Waals surface area contributed by atoms with Gasteiger partial charge in [-0.05, 0) is 37.6 Å². The van der Waals surface area contributed by atoms with Crippen molar-refractivity contribution in [3.8, 4) is 0 Å². The molecule has 1 aromatic rings. The fraction of sp³-hybridized carbons (Fsp3) is 0.562. The van der Waals surface area contributed by atoms with E-state index in [-0.39, 0.29) is 5.97 Å². The summed E-state index contributed by atoms with van der Waals surface area (Å²) in [6, 6.07) is 7.59. The maximum absolute atomic E-state index is 12.3. The van der Waals surface area contributed by atoms with Crippen LogP contribution in [0.4, 0.5) is 0 Å². The van der Waals surface area contributed by atoms with Crippen LogP contribution in [-0.2, 0) is 21.0 Å². The molecular weight excluding hydrogens is 254 g/mol. The predicted molar refractivity (Wildman–Crippen MR) is 79.2 cm³/mol.